The minimum absolute atomic E-state index is 0.0312. The van der Waals surface area contributed by atoms with Crippen molar-refractivity contribution in [1.82, 2.24) is 9.97 Å². The maximum absolute atomic E-state index is 13.4. The summed E-state index contributed by atoms with van der Waals surface area (Å²) in [6.45, 7) is 1.91. The Morgan fingerprint density at radius 1 is 1.41 bits per heavy atom. The molecule has 0 saturated carbocycles. The third kappa shape index (κ3) is 2.71. The summed E-state index contributed by atoms with van der Waals surface area (Å²) in [5, 5.41) is 2.88. The van der Waals surface area contributed by atoms with E-state index in [4.69, 9.17) is 5.73 Å². The zero-order valence-corrected chi connectivity index (χ0v) is 10.6. The van der Waals surface area contributed by atoms with Crippen molar-refractivity contribution in [2.75, 3.05) is 11.1 Å². The van der Waals surface area contributed by atoms with E-state index in [0.29, 0.717) is 0 Å². The number of anilines is 3. The zero-order chi connectivity index (χ0) is 12.4. The summed E-state index contributed by atoms with van der Waals surface area (Å²) in [7, 11) is 0. The van der Waals surface area contributed by atoms with E-state index >= 15 is 0 Å². The number of benzene rings is 1. The van der Waals surface area contributed by atoms with Crippen LogP contribution in [0.2, 0.25) is 0 Å². The van der Waals surface area contributed by atoms with Crippen molar-refractivity contribution in [3.63, 3.8) is 0 Å². The van der Waals surface area contributed by atoms with E-state index in [1.807, 2.05) is 25.1 Å². The highest BCUT2D eigenvalue weighted by molar-refractivity contribution is 9.10. The van der Waals surface area contributed by atoms with Crippen molar-refractivity contribution in [2.24, 2.45) is 0 Å². The molecule has 0 atom stereocenters. The number of hydrogen-bond acceptors (Lipinski definition) is 4. The molecule has 0 saturated heterocycles. The van der Waals surface area contributed by atoms with Gasteiger partial charge in [-0.1, -0.05) is 15.9 Å². The van der Waals surface area contributed by atoms with Crippen LogP contribution >= 0.6 is 15.9 Å². The minimum atomic E-state index is -0.540. The van der Waals surface area contributed by atoms with E-state index in [-0.39, 0.29) is 11.8 Å². The molecular weight excluding hydrogens is 287 g/mol. The van der Waals surface area contributed by atoms with Gasteiger partial charge in [0.2, 0.25) is 5.95 Å². The van der Waals surface area contributed by atoms with Crippen molar-refractivity contribution in [3.8, 4) is 0 Å². The van der Waals surface area contributed by atoms with Gasteiger partial charge in [0.1, 0.15) is 0 Å². The second-order valence-corrected chi connectivity index (χ2v) is 4.42. The summed E-state index contributed by atoms with van der Waals surface area (Å²) in [4.78, 5) is 7.36. The van der Waals surface area contributed by atoms with Crippen LogP contribution in [-0.4, -0.2) is 9.97 Å². The summed E-state index contributed by atoms with van der Waals surface area (Å²) in [6.07, 6.45) is 1.04. The predicted molar refractivity (Wildman–Crippen MR) is 68.6 cm³/mol. The first kappa shape index (κ1) is 11.8. The van der Waals surface area contributed by atoms with Gasteiger partial charge < -0.3 is 11.1 Å². The first-order chi connectivity index (χ1) is 8.06. The van der Waals surface area contributed by atoms with E-state index < -0.39 is 5.82 Å². The van der Waals surface area contributed by atoms with Gasteiger partial charge >= 0.3 is 0 Å². The Morgan fingerprint density at radius 2 is 2.18 bits per heavy atom. The van der Waals surface area contributed by atoms with E-state index in [0.717, 1.165) is 21.9 Å². The molecule has 88 valence electrons. The number of hydrogen-bond donors (Lipinski definition) is 2. The lowest BCUT2D eigenvalue weighted by Gasteiger charge is -2.09. The summed E-state index contributed by atoms with van der Waals surface area (Å²) in [6, 6.07) is 5.61. The summed E-state index contributed by atoms with van der Waals surface area (Å²) >= 11 is 3.36. The minimum Gasteiger partial charge on any atom is -0.368 e. The molecule has 0 spiro atoms. The average Bonchev–Trinajstić information content (AvgIpc) is 2.27. The molecule has 0 aliphatic rings. The van der Waals surface area contributed by atoms with Gasteiger partial charge in [0.25, 0.3) is 0 Å². The van der Waals surface area contributed by atoms with Crippen LogP contribution in [0.5, 0.6) is 0 Å². The van der Waals surface area contributed by atoms with Crippen molar-refractivity contribution in [3.05, 3.63) is 40.2 Å². The fraction of sp³-hybridized carbons (Fsp3) is 0.0909. The summed E-state index contributed by atoms with van der Waals surface area (Å²) in [5.74, 6) is -0.437. The smallest absolute Gasteiger partial charge is 0.222 e. The van der Waals surface area contributed by atoms with Crippen molar-refractivity contribution >= 4 is 33.4 Å². The van der Waals surface area contributed by atoms with E-state index in [9.17, 15) is 4.39 Å². The van der Waals surface area contributed by atoms with Gasteiger partial charge in [0, 0.05) is 10.2 Å². The van der Waals surface area contributed by atoms with Crippen molar-refractivity contribution in [2.45, 2.75) is 6.92 Å². The number of nitrogens with zero attached hydrogens (tertiary/aromatic N) is 2. The monoisotopic (exact) mass is 296 g/mol. The molecule has 0 aliphatic heterocycles. The molecule has 0 fully saturated rings. The van der Waals surface area contributed by atoms with Crippen LogP contribution in [0.1, 0.15) is 5.56 Å². The van der Waals surface area contributed by atoms with E-state index in [2.05, 4.69) is 31.2 Å². The quantitative estimate of drug-likeness (QED) is 0.894. The first-order valence-corrected chi connectivity index (χ1v) is 5.67. The Bertz CT molecular complexity index is 559. The van der Waals surface area contributed by atoms with Crippen LogP contribution in [0.25, 0.3) is 0 Å². The Morgan fingerprint density at radius 3 is 2.88 bits per heavy atom. The normalized spacial score (nSPS) is 10.3. The third-order valence-electron chi connectivity index (χ3n) is 2.20. The van der Waals surface area contributed by atoms with Crippen LogP contribution in [0.4, 0.5) is 21.8 Å². The lowest BCUT2D eigenvalue weighted by atomic mass is 10.2. The van der Waals surface area contributed by atoms with Gasteiger partial charge in [0.05, 0.1) is 6.20 Å². The highest BCUT2D eigenvalue weighted by Crippen LogP contribution is 2.24. The average molecular weight is 297 g/mol. The van der Waals surface area contributed by atoms with Gasteiger partial charge in [-0.05, 0) is 30.7 Å². The number of halogens is 2. The molecule has 1 aromatic heterocycles. The molecule has 2 rings (SSSR count). The van der Waals surface area contributed by atoms with Crippen molar-refractivity contribution in [1.29, 1.82) is 0 Å². The lowest BCUT2D eigenvalue weighted by Crippen LogP contribution is -2.03. The fourth-order valence-electron chi connectivity index (χ4n) is 1.36. The zero-order valence-electron chi connectivity index (χ0n) is 9.04. The second kappa shape index (κ2) is 4.67. The second-order valence-electron chi connectivity index (χ2n) is 3.51. The Kier molecular flexibility index (Phi) is 3.23. The number of aryl methyl sites for hydroxylation is 1. The summed E-state index contributed by atoms with van der Waals surface area (Å²) in [5.41, 5.74) is 7.14. The molecule has 4 nitrogen and oxygen atoms in total. The molecule has 17 heavy (non-hydrogen) atoms. The molecule has 1 heterocycles. The molecule has 3 N–H and O–H groups in total. The van der Waals surface area contributed by atoms with Gasteiger partial charge in [-0.25, -0.2) is 9.37 Å². The molecule has 1 aromatic carbocycles. The van der Waals surface area contributed by atoms with Gasteiger partial charge in [-0.15, -0.1) is 0 Å². The fourth-order valence-corrected chi connectivity index (χ4v) is 1.84. The Balaban J connectivity index is 2.34. The van der Waals surface area contributed by atoms with Crippen molar-refractivity contribution < 1.29 is 4.39 Å². The SMILES string of the molecule is Cc1cc(Br)ccc1Nc1nc(N)ncc1F. The number of nitrogens with one attached hydrogen (secondary N) is 1. The van der Waals surface area contributed by atoms with Gasteiger partial charge in [-0.2, -0.15) is 4.98 Å². The number of rotatable bonds is 2. The van der Waals surface area contributed by atoms with Crippen LogP contribution in [0, 0.1) is 12.7 Å². The molecule has 6 heteroatoms. The maximum Gasteiger partial charge on any atom is 0.222 e. The Labute approximate surface area is 106 Å². The van der Waals surface area contributed by atoms with Crippen LogP contribution in [0.3, 0.4) is 0 Å². The van der Waals surface area contributed by atoms with E-state index in [1.54, 1.807) is 0 Å². The van der Waals surface area contributed by atoms with Gasteiger partial charge in [-0.3, -0.25) is 0 Å². The molecule has 0 unspecified atom stereocenters. The highest BCUT2D eigenvalue weighted by Gasteiger charge is 2.07. The van der Waals surface area contributed by atoms with Gasteiger partial charge in [0.15, 0.2) is 11.6 Å². The molecule has 0 bridgehead atoms. The molecule has 0 amide bonds. The number of nitrogen functional groups attached to an aromatic ring is 1. The molecule has 2 aromatic rings. The first-order valence-electron chi connectivity index (χ1n) is 4.87. The largest absolute Gasteiger partial charge is 0.368 e. The van der Waals surface area contributed by atoms with E-state index in [1.165, 1.54) is 0 Å². The standard InChI is InChI=1S/C11H10BrFN4/c1-6-4-7(12)2-3-9(6)16-10-8(13)5-15-11(14)17-10/h2-5H,1H3,(H3,14,15,16,17). The lowest BCUT2D eigenvalue weighted by molar-refractivity contribution is 0.620. The molecular formula is C11H10BrFN4. The predicted octanol–water partition coefficient (Wildman–Crippen LogP) is 3.01. The number of aromatic nitrogens is 2. The molecule has 0 aliphatic carbocycles. The third-order valence-corrected chi connectivity index (χ3v) is 2.70. The summed E-state index contributed by atoms with van der Waals surface area (Å²) < 4.78 is 14.4. The maximum atomic E-state index is 13.4. The molecule has 0 radical (unpaired) electrons. The number of nitrogens with two attached hydrogens (primary N) is 1. The van der Waals surface area contributed by atoms with Crippen LogP contribution in [0.15, 0.2) is 28.9 Å². The topological polar surface area (TPSA) is 63.8 Å². The van der Waals surface area contributed by atoms with Crippen LogP contribution < -0.4 is 11.1 Å². The Hall–Kier alpha value is -1.69. The van der Waals surface area contributed by atoms with Crippen LogP contribution in [-0.2, 0) is 0 Å². The highest BCUT2D eigenvalue weighted by atomic mass is 79.9.